The minimum absolute atomic E-state index is 0.211. The molecular formula is C13H22N4OS. The van der Waals surface area contributed by atoms with Gasteiger partial charge in [-0.3, -0.25) is 4.79 Å². The third-order valence-electron chi connectivity index (χ3n) is 3.57. The molecule has 0 aliphatic heterocycles. The van der Waals surface area contributed by atoms with Crippen molar-refractivity contribution in [2.24, 2.45) is 13.0 Å². The second-order valence-corrected chi connectivity index (χ2v) is 6.14. The second-order valence-electron chi connectivity index (χ2n) is 4.91. The Kier molecular flexibility index (Phi) is 5.24. The van der Waals surface area contributed by atoms with E-state index in [1.165, 1.54) is 12.8 Å². The highest BCUT2D eigenvalue weighted by Crippen LogP contribution is 2.24. The van der Waals surface area contributed by atoms with E-state index in [2.05, 4.69) is 22.4 Å². The van der Waals surface area contributed by atoms with Crippen LogP contribution in [0.2, 0.25) is 0 Å². The van der Waals surface area contributed by atoms with Crippen LogP contribution in [0, 0.1) is 5.92 Å². The van der Waals surface area contributed by atoms with Gasteiger partial charge in [0, 0.05) is 25.9 Å². The summed E-state index contributed by atoms with van der Waals surface area (Å²) in [6, 6.07) is 0. The highest BCUT2D eigenvalue weighted by atomic mass is 32.2. The van der Waals surface area contributed by atoms with E-state index in [4.69, 9.17) is 0 Å². The molecule has 0 spiro atoms. The number of aromatic nitrogens is 3. The molecule has 1 saturated carbocycles. The van der Waals surface area contributed by atoms with Crippen LogP contribution in [0.5, 0.6) is 0 Å². The third kappa shape index (κ3) is 3.72. The van der Waals surface area contributed by atoms with Gasteiger partial charge >= 0.3 is 0 Å². The quantitative estimate of drug-likeness (QED) is 0.808. The van der Waals surface area contributed by atoms with Gasteiger partial charge in [0.05, 0.1) is 0 Å². The van der Waals surface area contributed by atoms with Crippen LogP contribution in [0.1, 0.15) is 38.4 Å². The predicted molar refractivity (Wildman–Crippen MR) is 76.1 cm³/mol. The van der Waals surface area contributed by atoms with Crippen molar-refractivity contribution in [1.82, 2.24) is 20.1 Å². The van der Waals surface area contributed by atoms with Crippen LogP contribution in [-0.2, 0) is 18.3 Å². The minimum atomic E-state index is 0.211. The Bertz CT molecular complexity index is 426. The van der Waals surface area contributed by atoms with Gasteiger partial charge in [-0.15, -0.1) is 10.2 Å². The summed E-state index contributed by atoms with van der Waals surface area (Å²) < 4.78 is 2.01. The summed E-state index contributed by atoms with van der Waals surface area (Å²) in [6.45, 7) is 2.75. The van der Waals surface area contributed by atoms with E-state index >= 15 is 0 Å². The number of hydrogen-bond donors (Lipinski definition) is 1. The highest BCUT2D eigenvalue weighted by Gasteiger charge is 2.22. The Morgan fingerprint density at radius 2 is 2.16 bits per heavy atom. The summed E-state index contributed by atoms with van der Waals surface area (Å²) >= 11 is 1.68. The van der Waals surface area contributed by atoms with E-state index in [1.54, 1.807) is 11.8 Å². The molecule has 5 nitrogen and oxygen atoms in total. The van der Waals surface area contributed by atoms with E-state index in [9.17, 15) is 4.79 Å². The lowest BCUT2D eigenvalue weighted by Gasteiger charge is -2.10. The molecule has 1 aliphatic carbocycles. The summed E-state index contributed by atoms with van der Waals surface area (Å²) in [6.07, 6.45) is 5.23. The molecule has 106 valence electrons. The summed E-state index contributed by atoms with van der Waals surface area (Å²) in [7, 11) is 1.98. The maximum absolute atomic E-state index is 11.9. The zero-order chi connectivity index (χ0) is 13.7. The zero-order valence-electron chi connectivity index (χ0n) is 11.7. The van der Waals surface area contributed by atoms with E-state index in [-0.39, 0.29) is 11.8 Å². The van der Waals surface area contributed by atoms with Crippen molar-refractivity contribution in [3.05, 3.63) is 5.82 Å². The Hall–Kier alpha value is -1.04. The number of carbonyl (C=O) groups is 1. The molecule has 1 fully saturated rings. The maximum atomic E-state index is 11.9. The second kappa shape index (κ2) is 6.93. The van der Waals surface area contributed by atoms with Crippen molar-refractivity contribution in [1.29, 1.82) is 0 Å². The van der Waals surface area contributed by atoms with Crippen LogP contribution in [0.15, 0.2) is 5.16 Å². The van der Waals surface area contributed by atoms with Crippen molar-refractivity contribution < 1.29 is 4.79 Å². The third-order valence-corrected chi connectivity index (χ3v) is 4.47. The van der Waals surface area contributed by atoms with Crippen molar-refractivity contribution in [3.8, 4) is 0 Å². The number of rotatable bonds is 6. The molecule has 0 radical (unpaired) electrons. The van der Waals surface area contributed by atoms with Gasteiger partial charge in [0.15, 0.2) is 5.16 Å². The predicted octanol–water partition coefficient (Wildman–Crippen LogP) is 1.78. The average molecular weight is 282 g/mol. The van der Waals surface area contributed by atoms with E-state index in [1.807, 2.05) is 11.6 Å². The summed E-state index contributed by atoms with van der Waals surface area (Å²) in [5.41, 5.74) is 0. The van der Waals surface area contributed by atoms with Gasteiger partial charge in [0.25, 0.3) is 0 Å². The lowest BCUT2D eigenvalue weighted by atomic mass is 10.1. The number of nitrogens with zero attached hydrogens (tertiary/aromatic N) is 3. The lowest BCUT2D eigenvalue weighted by Crippen LogP contribution is -2.31. The monoisotopic (exact) mass is 282 g/mol. The molecule has 6 heteroatoms. The van der Waals surface area contributed by atoms with Gasteiger partial charge in [0.1, 0.15) is 5.82 Å². The molecule has 19 heavy (non-hydrogen) atoms. The SMILES string of the molecule is CCSc1nnc(CCNC(=O)C2CCCC2)n1C. The molecule has 0 aromatic carbocycles. The van der Waals surface area contributed by atoms with Gasteiger partial charge in [-0.25, -0.2) is 0 Å². The number of carbonyl (C=O) groups excluding carboxylic acids is 1. The average Bonchev–Trinajstić information content (AvgIpc) is 3.03. The summed E-state index contributed by atoms with van der Waals surface area (Å²) in [5.74, 6) is 2.38. The Morgan fingerprint density at radius 3 is 2.84 bits per heavy atom. The largest absolute Gasteiger partial charge is 0.355 e. The number of hydrogen-bond acceptors (Lipinski definition) is 4. The molecule has 2 rings (SSSR count). The lowest BCUT2D eigenvalue weighted by molar-refractivity contribution is -0.124. The van der Waals surface area contributed by atoms with Crippen LogP contribution < -0.4 is 5.32 Å². The molecule has 0 unspecified atom stereocenters. The Labute approximate surface area is 118 Å². The molecule has 0 saturated heterocycles. The highest BCUT2D eigenvalue weighted by molar-refractivity contribution is 7.99. The number of nitrogens with one attached hydrogen (secondary N) is 1. The fourth-order valence-corrected chi connectivity index (χ4v) is 3.10. The van der Waals surface area contributed by atoms with Crippen LogP contribution >= 0.6 is 11.8 Å². The smallest absolute Gasteiger partial charge is 0.223 e. The normalized spacial score (nSPS) is 15.9. The van der Waals surface area contributed by atoms with E-state index in [0.29, 0.717) is 6.54 Å². The molecule has 1 N–H and O–H groups in total. The first-order chi connectivity index (χ1) is 9.22. The topological polar surface area (TPSA) is 59.8 Å². The number of amides is 1. The van der Waals surface area contributed by atoms with E-state index < -0.39 is 0 Å². The minimum Gasteiger partial charge on any atom is -0.355 e. The molecule has 1 aromatic heterocycles. The van der Waals surface area contributed by atoms with Crippen LogP contribution in [-0.4, -0.2) is 33.0 Å². The molecule has 1 amide bonds. The maximum Gasteiger partial charge on any atom is 0.223 e. The molecule has 1 aromatic rings. The van der Waals surface area contributed by atoms with Crippen molar-refractivity contribution in [2.75, 3.05) is 12.3 Å². The summed E-state index contributed by atoms with van der Waals surface area (Å²) in [4.78, 5) is 11.9. The molecule has 1 heterocycles. The first-order valence-electron chi connectivity index (χ1n) is 7.01. The first kappa shape index (κ1) is 14.4. The van der Waals surface area contributed by atoms with Crippen molar-refractivity contribution >= 4 is 17.7 Å². The van der Waals surface area contributed by atoms with Gasteiger partial charge in [-0.2, -0.15) is 0 Å². The van der Waals surface area contributed by atoms with Gasteiger partial charge < -0.3 is 9.88 Å². The standard InChI is InChI=1S/C13H22N4OS/c1-3-19-13-16-15-11(17(13)2)8-9-14-12(18)10-6-4-5-7-10/h10H,3-9H2,1-2H3,(H,14,18). The Balaban J connectivity index is 1.77. The Morgan fingerprint density at radius 1 is 1.42 bits per heavy atom. The van der Waals surface area contributed by atoms with E-state index in [0.717, 1.165) is 36.0 Å². The number of thioether (sulfide) groups is 1. The molecular weight excluding hydrogens is 260 g/mol. The van der Waals surface area contributed by atoms with Gasteiger partial charge in [0.2, 0.25) is 5.91 Å². The zero-order valence-corrected chi connectivity index (χ0v) is 12.5. The van der Waals surface area contributed by atoms with Crippen LogP contribution in [0.3, 0.4) is 0 Å². The van der Waals surface area contributed by atoms with Crippen molar-refractivity contribution in [3.63, 3.8) is 0 Å². The fourth-order valence-electron chi connectivity index (χ4n) is 2.45. The van der Waals surface area contributed by atoms with Crippen LogP contribution in [0.4, 0.5) is 0 Å². The molecule has 0 atom stereocenters. The van der Waals surface area contributed by atoms with Crippen molar-refractivity contribution in [2.45, 2.75) is 44.2 Å². The fraction of sp³-hybridized carbons (Fsp3) is 0.769. The van der Waals surface area contributed by atoms with Crippen LogP contribution in [0.25, 0.3) is 0 Å². The summed E-state index contributed by atoms with van der Waals surface area (Å²) in [5, 5.41) is 12.3. The van der Waals surface area contributed by atoms with Gasteiger partial charge in [-0.1, -0.05) is 31.5 Å². The first-order valence-corrected chi connectivity index (χ1v) is 7.99. The molecule has 0 bridgehead atoms. The van der Waals surface area contributed by atoms with Gasteiger partial charge in [-0.05, 0) is 18.6 Å². The molecule has 1 aliphatic rings.